The van der Waals surface area contributed by atoms with Gasteiger partial charge in [0.1, 0.15) is 5.75 Å². The number of para-hydroxylation sites is 2. The van der Waals surface area contributed by atoms with Crippen LogP contribution in [-0.2, 0) is 11.2 Å². The summed E-state index contributed by atoms with van der Waals surface area (Å²) in [5.74, 6) is 1.57. The van der Waals surface area contributed by atoms with Crippen LogP contribution in [0.2, 0.25) is 0 Å². The molecule has 0 heterocycles. The molecule has 26 heavy (non-hydrogen) atoms. The van der Waals surface area contributed by atoms with Gasteiger partial charge in [-0.25, -0.2) is 5.43 Å². The van der Waals surface area contributed by atoms with E-state index in [9.17, 15) is 4.79 Å². The third-order valence-electron chi connectivity index (χ3n) is 3.62. The van der Waals surface area contributed by atoms with Gasteiger partial charge in [0.05, 0.1) is 19.9 Å². The number of methoxy groups -OCH3 is 1. The standard InChI is InChI=1S/C20H24N2O4/c1-4-15-9-6-7-11-17(15)26-14-19(23)22-21-13-16-10-8-12-18(24-3)20(16)25-5-2/h6-13H,4-5,14H2,1-3H3,(H,22,23)/b21-13+. The van der Waals surface area contributed by atoms with Gasteiger partial charge in [-0.15, -0.1) is 0 Å². The van der Waals surface area contributed by atoms with Crippen LogP contribution in [0.1, 0.15) is 25.0 Å². The van der Waals surface area contributed by atoms with Gasteiger partial charge in [-0.2, -0.15) is 5.10 Å². The lowest BCUT2D eigenvalue weighted by atomic mass is 10.1. The van der Waals surface area contributed by atoms with Crippen LogP contribution in [0.25, 0.3) is 0 Å². The van der Waals surface area contributed by atoms with Crippen LogP contribution in [0.4, 0.5) is 0 Å². The molecule has 0 aliphatic rings. The molecule has 0 bridgehead atoms. The number of nitrogens with zero attached hydrogens (tertiary/aromatic N) is 1. The van der Waals surface area contributed by atoms with Crippen molar-refractivity contribution in [3.8, 4) is 17.2 Å². The monoisotopic (exact) mass is 356 g/mol. The van der Waals surface area contributed by atoms with Crippen LogP contribution >= 0.6 is 0 Å². The lowest BCUT2D eigenvalue weighted by Crippen LogP contribution is -2.24. The second-order valence-corrected chi connectivity index (χ2v) is 5.35. The van der Waals surface area contributed by atoms with Crippen LogP contribution < -0.4 is 19.6 Å². The van der Waals surface area contributed by atoms with E-state index < -0.39 is 0 Å². The highest BCUT2D eigenvalue weighted by molar-refractivity contribution is 5.86. The quantitative estimate of drug-likeness (QED) is 0.553. The first kappa shape index (κ1) is 19.3. The Morgan fingerprint density at radius 2 is 1.85 bits per heavy atom. The third-order valence-corrected chi connectivity index (χ3v) is 3.62. The van der Waals surface area contributed by atoms with Crippen LogP contribution in [-0.4, -0.2) is 32.4 Å². The molecule has 2 aromatic carbocycles. The molecular weight excluding hydrogens is 332 g/mol. The van der Waals surface area contributed by atoms with Crippen molar-refractivity contribution in [2.45, 2.75) is 20.3 Å². The number of benzene rings is 2. The molecule has 0 aromatic heterocycles. The van der Waals surface area contributed by atoms with Gasteiger partial charge in [0, 0.05) is 5.56 Å². The fourth-order valence-corrected chi connectivity index (χ4v) is 2.38. The number of amides is 1. The van der Waals surface area contributed by atoms with Gasteiger partial charge < -0.3 is 14.2 Å². The van der Waals surface area contributed by atoms with Crippen molar-refractivity contribution in [1.29, 1.82) is 0 Å². The molecule has 0 fully saturated rings. The van der Waals surface area contributed by atoms with E-state index >= 15 is 0 Å². The highest BCUT2D eigenvalue weighted by Gasteiger charge is 2.09. The number of rotatable bonds is 9. The number of hydrogen-bond donors (Lipinski definition) is 1. The first-order chi connectivity index (χ1) is 12.7. The Bertz CT molecular complexity index is 759. The zero-order valence-electron chi connectivity index (χ0n) is 15.3. The Morgan fingerprint density at radius 1 is 1.08 bits per heavy atom. The molecule has 1 N–H and O–H groups in total. The number of hydrazone groups is 1. The Kier molecular flexibility index (Phi) is 7.49. The van der Waals surface area contributed by atoms with Crippen molar-refractivity contribution in [3.05, 3.63) is 53.6 Å². The van der Waals surface area contributed by atoms with Crippen molar-refractivity contribution in [3.63, 3.8) is 0 Å². The van der Waals surface area contributed by atoms with Crippen LogP contribution in [0.15, 0.2) is 47.6 Å². The summed E-state index contributed by atoms with van der Waals surface area (Å²) in [6, 6.07) is 13.1. The number of ether oxygens (including phenoxy) is 3. The van der Waals surface area contributed by atoms with E-state index in [1.807, 2.05) is 50.2 Å². The average Bonchev–Trinajstić information content (AvgIpc) is 2.67. The van der Waals surface area contributed by atoms with Crippen LogP contribution in [0.3, 0.4) is 0 Å². The molecule has 6 nitrogen and oxygen atoms in total. The minimum absolute atomic E-state index is 0.106. The molecule has 2 aromatic rings. The second kappa shape index (κ2) is 10.1. The fraction of sp³-hybridized carbons (Fsp3) is 0.300. The number of nitrogens with one attached hydrogen (secondary N) is 1. The zero-order chi connectivity index (χ0) is 18.8. The first-order valence-corrected chi connectivity index (χ1v) is 8.52. The summed E-state index contributed by atoms with van der Waals surface area (Å²) in [6.45, 7) is 4.32. The summed E-state index contributed by atoms with van der Waals surface area (Å²) in [7, 11) is 1.58. The van der Waals surface area contributed by atoms with Crippen molar-refractivity contribution in [2.24, 2.45) is 5.10 Å². The summed E-state index contributed by atoms with van der Waals surface area (Å²) in [4.78, 5) is 11.9. The van der Waals surface area contributed by atoms with E-state index in [0.717, 1.165) is 12.0 Å². The Morgan fingerprint density at radius 3 is 2.58 bits per heavy atom. The molecule has 0 unspecified atom stereocenters. The normalized spacial score (nSPS) is 10.6. The van der Waals surface area contributed by atoms with E-state index in [0.29, 0.717) is 29.4 Å². The van der Waals surface area contributed by atoms with Gasteiger partial charge in [-0.1, -0.05) is 31.2 Å². The topological polar surface area (TPSA) is 69.2 Å². The average molecular weight is 356 g/mol. The van der Waals surface area contributed by atoms with Crippen molar-refractivity contribution in [1.82, 2.24) is 5.43 Å². The largest absolute Gasteiger partial charge is 0.493 e. The molecule has 2 rings (SSSR count). The van der Waals surface area contributed by atoms with E-state index in [2.05, 4.69) is 10.5 Å². The molecule has 1 amide bonds. The molecular formula is C20H24N2O4. The first-order valence-electron chi connectivity index (χ1n) is 8.52. The van der Waals surface area contributed by atoms with Gasteiger partial charge in [-0.3, -0.25) is 4.79 Å². The fourth-order valence-electron chi connectivity index (χ4n) is 2.38. The lowest BCUT2D eigenvalue weighted by Gasteiger charge is -2.11. The molecule has 0 aliphatic carbocycles. The van der Waals surface area contributed by atoms with Crippen molar-refractivity contribution < 1.29 is 19.0 Å². The number of hydrogen-bond acceptors (Lipinski definition) is 5. The maximum Gasteiger partial charge on any atom is 0.277 e. The van der Waals surface area contributed by atoms with E-state index in [1.54, 1.807) is 13.2 Å². The summed E-state index contributed by atoms with van der Waals surface area (Å²) < 4.78 is 16.4. The Labute approximate surface area is 153 Å². The number of carbonyl (C=O) groups is 1. The van der Waals surface area contributed by atoms with Gasteiger partial charge >= 0.3 is 0 Å². The summed E-state index contributed by atoms with van der Waals surface area (Å²) in [5.41, 5.74) is 4.22. The second-order valence-electron chi connectivity index (χ2n) is 5.35. The molecule has 0 radical (unpaired) electrons. The van der Waals surface area contributed by atoms with Gasteiger partial charge in [0.15, 0.2) is 18.1 Å². The predicted octanol–water partition coefficient (Wildman–Crippen LogP) is 3.19. The van der Waals surface area contributed by atoms with E-state index in [1.165, 1.54) is 6.21 Å². The van der Waals surface area contributed by atoms with E-state index in [4.69, 9.17) is 14.2 Å². The molecule has 0 atom stereocenters. The molecule has 6 heteroatoms. The van der Waals surface area contributed by atoms with Gasteiger partial charge in [-0.05, 0) is 37.1 Å². The number of carbonyl (C=O) groups excluding carboxylic acids is 1. The lowest BCUT2D eigenvalue weighted by molar-refractivity contribution is -0.123. The van der Waals surface area contributed by atoms with E-state index in [-0.39, 0.29) is 12.5 Å². The smallest absolute Gasteiger partial charge is 0.277 e. The third kappa shape index (κ3) is 5.24. The molecule has 0 saturated carbocycles. The zero-order valence-corrected chi connectivity index (χ0v) is 15.3. The maximum atomic E-state index is 11.9. The molecule has 0 aliphatic heterocycles. The van der Waals surface area contributed by atoms with Crippen LogP contribution in [0.5, 0.6) is 17.2 Å². The molecule has 0 spiro atoms. The Balaban J connectivity index is 1.95. The van der Waals surface area contributed by atoms with Crippen molar-refractivity contribution in [2.75, 3.05) is 20.3 Å². The summed E-state index contributed by atoms with van der Waals surface area (Å²) >= 11 is 0. The molecule has 0 saturated heterocycles. The van der Waals surface area contributed by atoms with Crippen LogP contribution in [0, 0.1) is 0 Å². The van der Waals surface area contributed by atoms with Gasteiger partial charge in [0.2, 0.25) is 0 Å². The van der Waals surface area contributed by atoms with Crippen molar-refractivity contribution >= 4 is 12.1 Å². The summed E-state index contributed by atoms with van der Waals surface area (Å²) in [5, 5.41) is 3.97. The Hall–Kier alpha value is -3.02. The minimum atomic E-state index is -0.340. The SMILES string of the molecule is CCOc1c(/C=N/NC(=O)COc2ccccc2CC)cccc1OC. The maximum absolute atomic E-state index is 11.9. The highest BCUT2D eigenvalue weighted by Crippen LogP contribution is 2.29. The predicted molar refractivity (Wildman–Crippen MR) is 101 cm³/mol. The molecule has 138 valence electrons. The number of aryl methyl sites for hydroxylation is 1. The van der Waals surface area contributed by atoms with Gasteiger partial charge in [0.25, 0.3) is 5.91 Å². The summed E-state index contributed by atoms with van der Waals surface area (Å²) in [6.07, 6.45) is 2.36. The highest BCUT2D eigenvalue weighted by atomic mass is 16.5. The minimum Gasteiger partial charge on any atom is -0.493 e.